The van der Waals surface area contributed by atoms with Crippen LogP contribution in [0.15, 0.2) is 84.1 Å². The minimum absolute atomic E-state index is 0.0130. The average Bonchev–Trinajstić information content (AvgIpc) is 3.28. The van der Waals surface area contributed by atoms with E-state index in [-0.39, 0.29) is 17.8 Å². The van der Waals surface area contributed by atoms with Gasteiger partial charge in [0.1, 0.15) is 0 Å². The van der Waals surface area contributed by atoms with Crippen LogP contribution in [-0.2, 0) is 16.0 Å². The number of hydrogen-bond acceptors (Lipinski definition) is 6. The number of rotatable bonds is 7. The maximum Gasteiger partial charge on any atom is 0.338 e. The number of fused-ring (bicyclic) bond motifs is 1. The Labute approximate surface area is 215 Å². The Hall–Kier alpha value is -4.39. The second-order valence-corrected chi connectivity index (χ2v) is 9.09. The first-order chi connectivity index (χ1) is 18.0. The highest BCUT2D eigenvalue weighted by atomic mass is 16.5. The zero-order valence-electron chi connectivity index (χ0n) is 20.9. The van der Waals surface area contributed by atoms with Crippen LogP contribution in [0.1, 0.15) is 52.1 Å². The predicted molar refractivity (Wildman–Crippen MR) is 142 cm³/mol. The van der Waals surface area contributed by atoms with Gasteiger partial charge in [0.2, 0.25) is 5.91 Å². The molecule has 0 saturated carbocycles. The Morgan fingerprint density at radius 3 is 2.65 bits per heavy atom. The van der Waals surface area contributed by atoms with Crippen LogP contribution < -0.4 is 0 Å². The highest BCUT2D eigenvalue weighted by molar-refractivity contribution is 6.02. The monoisotopic (exact) mass is 492 g/mol. The molecule has 7 nitrogen and oxygen atoms in total. The van der Waals surface area contributed by atoms with Crippen molar-refractivity contribution in [2.24, 2.45) is 5.10 Å². The number of aryl methyl sites for hydroxylation is 1. The normalized spacial score (nSPS) is 15.8. The second-order valence-electron chi connectivity index (χ2n) is 9.09. The summed E-state index contributed by atoms with van der Waals surface area (Å²) in [6.45, 7) is 4.52. The number of ether oxygens (including phenoxy) is 1. The lowest BCUT2D eigenvalue weighted by atomic mass is 9.97. The number of nitrogens with zero attached hydrogens (tertiary/aromatic N) is 4. The molecule has 0 bridgehead atoms. The first kappa shape index (κ1) is 24.3. The topological polar surface area (TPSA) is 84.8 Å². The summed E-state index contributed by atoms with van der Waals surface area (Å²) in [5.74, 6) is -0.396. The highest BCUT2D eigenvalue weighted by Crippen LogP contribution is 2.29. The lowest BCUT2D eigenvalue weighted by Crippen LogP contribution is -2.23. The van der Waals surface area contributed by atoms with Gasteiger partial charge in [-0.1, -0.05) is 36.4 Å². The largest absolute Gasteiger partial charge is 0.462 e. The maximum absolute atomic E-state index is 13.0. The third-order valence-electron chi connectivity index (χ3n) is 6.52. The molecule has 1 aliphatic rings. The van der Waals surface area contributed by atoms with Gasteiger partial charge in [-0.05, 0) is 61.4 Å². The molecule has 0 spiro atoms. The number of esters is 1. The van der Waals surface area contributed by atoms with E-state index in [4.69, 9.17) is 14.8 Å². The van der Waals surface area contributed by atoms with Crippen molar-refractivity contribution in [3.05, 3.63) is 107 Å². The van der Waals surface area contributed by atoms with E-state index in [2.05, 4.69) is 11.1 Å². The summed E-state index contributed by atoms with van der Waals surface area (Å²) in [7, 11) is 0. The van der Waals surface area contributed by atoms with Crippen molar-refractivity contribution in [2.45, 2.75) is 32.6 Å². The quantitative estimate of drug-likeness (QED) is 0.265. The van der Waals surface area contributed by atoms with E-state index in [0.29, 0.717) is 31.6 Å². The van der Waals surface area contributed by atoms with E-state index >= 15 is 0 Å². The second kappa shape index (κ2) is 10.7. The molecule has 2 aromatic heterocycles. The summed E-state index contributed by atoms with van der Waals surface area (Å²) in [4.78, 5) is 34.2. The van der Waals surface area contributed by atoms with Crippen molar-refractivity contribution >= 4 is 28.5 Å². The predicted octanol–water partition coefficient (Wildman–Crippen LogP) is 5.08. The molecule has 1 saturated heterocycles. The summed E-state index contributed by atoms with van der Waals surface area (Å²) in [6.07, 6.45) is 2.67. The molecular weight excluding hydrogens is 464 g/mol. The summed E-state index contributed by atoms with van der Waals surface area (Å²) in [5.41, 5.74) is 5.85. The van der Waals surface area contributed by atoms with Crippen molar-refractivity contribution in [3.63, 3.8) is 0 Å². The molecule has 1 atom stereocenters. The molecule has 5 rings (SSSR count). The first-order valence-electron chi connectivity index (χ1n) is 12.4. The fourth-order valence-electron chi connectivity index (χ4n) is 4.63. The van der Waals surface area contributed by atoms with Gasteiger partial charge in [-0.3, -0.25) is 14.8 Å². The molecular formula is C30H28N4O3. The number of hydrazone groups is 1. The molecule has 2 aromatic carbocycles. The number of pyridine rings is 2. The average molecular weight is 493 g/mol. The molecule has 1 amide bonds. The maximum atomic E-state index is 13.0. The van der Waals surface area contributed by atoms with Gasteiger partial charge in [0.15, 0.2) is 0 Å². The van der Waals surface area contributed by atoms with Crippen LogP contribution in [-0.4, -0.2) is 45.7 Å². The number of para-hydroxylation sites is 1. The van der Waals surface area contributed by atoms with Crippen molar-refractivity contribution in [1.29, 1.82) is 0 Å². The molecule has 4 aromatic rings. The number of carbonyl (C=O) groups excluding carboxylic acids is 2. The number of benzene rings is 2. The molecule has 0 N–H and O–H groups in total. The van der Waals surface area contributed by atoms with Crippen molar-refractivity contribution in [1.82, 2.24) is 15.0 Å². The Balaban J connectivity index is 1.43. The van der Waals surface area contributed by atoms with Crippen LogP contribution in [0.3, 0.4) is 0 Å². The molecule has 1 unspecified atom stereocenters. The standard InChI is InChI=1S/C30H28N4O3/c1-3-37-30(36)22-13-11-21(12-14-22)24-18-29(35)34(19-24)33-28(27-10-6-7-20(2)32-27)17-23-15-16-31-26-9-5-4-8-25(23)26/h4-16,24H,3,17-19H2,1-2H3/b33-28+. The Morgan fingerprint density at radius 2 is 1.86 bits per heavy atom. The van der Waals surface area contributed by atoms with Gasteiger partial charge >= 0.3 is 5.97 Å². The SMILES string of the molecule is CCOC(=O)c1ccc(C2CC(=O)N(/N=C(\Cc3ccnc4ccccc34)c3cccc(C)n3)C2)cc1. The fraction of sp³-hybridized carbons (Fsp3) is 0.233. The van der Waals surface area contributed by atoms with Crippen molar-refractivity contribution in [3.8, 4) is 0 Å². The molecule has 0 radical (unpaired) electrons. The van der Waals surface area contributed by atoms with Crippen LogP contribution in [0.2, 0.25) is 0 Å². The minimum Gasteiger partial charge on any atom is -0.462 e. The summed E-state index contributed by atoms with van der Waals surface area (Å²) >= 11 is 0. The van der Waals surface area contributed by atoms with E-state index in [1.807, 2.05) is 61.5 Å². The van der Waals surface area contributed by atoms with E-state index in [1.165, 1.54) is 0 Å². The minimum atomic E-state index is -0.346. The van der Waals surface area contributed by atoms with Gasteiger partial charge in [-0.25, -0.2) is 9.80 Å². The molecule has 0 aliphatic carbocycles. The smallest absolute Gasteiger partial charge is 0.338 e. The van der Waals surface area contributed by atoms with Crippen molar-refractivity contribution < 1.29 is 14.3 Å². The van der Waals surface area contributed by atoms with E-state index in [0.717, 1.165) is 39.1 Å². The lowest BCUT2D eigenvalue weighted by Gasteiger charge is -2.15. The van der Waals surface area contributed by atoms with Gasteiger partial charge in [0.05, 0.1) is 35.6 Å². The third kappa shape index (κ3) is 5.40. The number of aromatic nitrogens is 2. The zero-order valence-corrected chi connectivity index (χ0v) is 20.9. The van der Waals surface area contributed by atoms with E-state index < -0.39 is 0 Å². The summed E-state index contributed by atoms with van der Waals surface area (Å²) < 4.78 is 5.07. The van der Waals surface area contributed by atoms with Crippen LogP contribution in [0.5, 0.6) is 0 Å². The summed E-state index contributed by atoms with van der Waals surface area (Å²) in [6, 6.07) is 23.1. The van der Waals surface area contributed by atoms with Gasteiger partial charge in [0, 0.05) is 36.0 Å². The molecule has 7 heteroatoms. The first-order valence-corrected chi connectivity index (χ1v) is 12.4. The lowest BCUT2D eigenvalue weighted by molar-refractivity contribution is -0.127. The van der Waals surface area contributed by atoms with Crippen molar-refractivity contribution in [2.75, 3.05) is 13.2 Å². The number of hydrogen-bond donors (Lipinski definition) is 0. The molecule has 1 fully saturated rings. The van der Waals surface area contributed by atoms with Crippen LogP contribution in [0.4, 0.5) is 0 Å². The van der Waals surface area contributed by atoms with E-state index in [9.17, 15) is 9.59 Å². The van der Waals surface area contributed by atoms with Crippen LogP contribution in [0.25, 0.3) is 10.9 Å². The van der Waals surface area contributed by atoms with Crippen LogP contribution >= 0.6 is 0 Å². The van der Waals surface area contributed by atoms with Crippen LogP contribution in [0, 0.1) is 6.92 Å². The molecule has 1 aliphatic heterocycles. The fourth-order valence-corrected chi connectivity index (χ4v) is 4.63. The zero-order chi connectivity index (χ0) is 25.8. The van der Waals surface area contributed by atoms with Gasteiger partial charge in [0.25, 0.3) is 0 Å². The van der Waals surface area contributed by atoms with E-state index in [1.54, 1.807) is 30.3 Å². The third-order valence-corrected chi connectivity index (χ3v) is 6.52. The van der Waals surface area contributed by atoms with Gasteiger partial charge < -0.3 is 4.74 Å². The Kier molecular flexibility index (Phi) is 7.03. The Morgan fingerprint density at radius 1 is 1.05 bits per heavy atom. The number of carbonyl (C=O) groups is 2. The molecule has 37 heavy (non-hydrogen) atoms. The number of amides is 1. The van der Waals surface area contributed by atoms with Gasteiger partial charge in [-0.15, -0.1) is 0 Å². The van der Waals surface area contributed by atoms with Gasteiger partial charge in [-0.2, -0.15) is 5.10 Å². The molecule has 3 heterocycles. The molecule has 186 valence electrons. The Bertz CT molecular complexity index is 1470. The summed E-state index contributed by atoms with van der Waals surface area (Å²) in [5, 5.41) is 7.47. The highest BCUT2D eigenvalue weighted by Gasteiger charge is 2.31.